The predicted molar refractivity (Wildman–Crippen MR) is 111 cm³/mol. The minimum atomic E-state index is -0.130. The van der Waals surface area contributed by atoms with Crippen LogP contribution in [-0.2, 0) is 4.79 Å². The maximum absolute atomic E-state index is 11.3. The zero-order valence-electron chi connectivity index (χ0n) is 15.6. The molecule has 1 aliphatic heterocycles. The van der Waals surface area contributed by atoms with Crippen LogP contribution in [0, 0.1) is 6.92 Å². The number of amides is 1. The van der Waals surface area contributed by atoms with E-state index in [9.17, 15) is 4.79 Å². The number of likely N-dealkylation sites (N-methyl/N-ethyl adjacent to an activating group) is 1. The van der Waals surface area contributed by atoms with E-state index in [-0.39, 0.29) is 16.6 Å². The van der Waals surface area contributed by atoms with Gasteiger partial charge in [0, 0.05) is 43.2 Å². The van der Waals surface area contributed by atoms with Gasteiger partial charge in [0.25, 0.3) is 0 Å². The second kappa shape index (κ2) is 7.97. The Morgan fingerprint density at radius 1 is 1.35 bits per heavy atom. The summed E-state index contributed by atoms with van der Waals surface area (Å²) < 4.78 is 2.45. The molecule has 1 saturated heterocycles. The summed E-state index contributed by atoms with van der Waals surface area (Å²) >= 11 is 0. The second-order valence-electron chi connectivity index (χ2n) is 6.29. The lowest BCUT2D eigenvalue weighted by Crippen LogP contribution is -2.31. The first kappa shape index (κ1) is 18.5. The fraction of sp³-hybridized carbons (Fsp3) is 0.368. The number of carbonyl (C=O) groups excluding carboxylic acids is 1. The summed E-state index contributed by atoms with van der Waals surface area (Å²) in [6.45, 7) is 6.64. The number of pyridine rings is 2. The van der Waals surface area contributed by atoms with Gasteiger partial charge >= 0.3 is 0 Å². The fourth-order valence-corrected chi connectivity index (χ4v) is 5.18. The highest BCUT2D eigenvalue weighted by atomic mass is 32.2. The lowest BCUT2D eigenvalue weighted by molar-refractivity contribution is -0.114. The normalized spacial score (nSPS) is 19.8. The molecule has 0 radical (unpaired) electrons. The molecule has 0 aromatic carbocycles. The number of hydrogen-bond donors (Lipinski definition) is 2. The van der Waals surface area contributed by atoms with Crippen LogP contribution in [0.25, 0.3) is 11.1 Å². The van der Waals surface area contributed by atoms with Crippen molar-refractivity contribution in [3.8, 4) is 11.1 Å². The third-order valence-electron chi connectivity index (χ3n) is 4.45. The monoisotopic (exact) mass is 371 g/mol. The Kier molecular flexibility index (Phi) is 5.68. The highest BCUT2D eigenvalue weighted by Crippen LogP contribution is 2.37. The van der Waals surface area contributed by atoms with E-state index in [0.717, 1.165) is 29.1 Å². The Morgan fingerprint density at radius 3 is 2.85 bits per heavy atom. The van der Waals surface area contributed by atoms with Gasteiger partial charge in [0.15, 0.2) is 0 Å². The summed E-state index contributed by atoms with van der Waals surface area (Å²) in [6, 6.07) is 6.50. The van der Waals surface area contributed by atoms with Crippen LogP contribution in [0.3, 0.4) is 0 Å². The van der Waals surface area contributed by atoms with Crippen molar-refractivity contribution in [1.82, 2.24) is 15.3 Å². The lowest BCUT2D eigenvalue weighted by Gasteiger charge is -2.23. The molecule has 3 heterocycles. The Bertz CT molecular complexity index is 852. The van der Waals surface area contributed by atoms with Crippen molar-refractivity contribution in [3.05, 3.63) is 36.3 Å². The molecule has 0 aliphatic carbocycles. The molecular formula is C19H25N5OS. The minimum Gasteiger partial charge on any atom is -0.319 e. The van der Waals surface area contributed by atoms with Crippen molar-refractivity contribution in [3.63, 3.8) is 0 Å². The van der Waals surface area contributed by atoms with Gasteiger partial charge in [0.2, 0.25) is 5.91 Å². The van der Waals surface area contributed by atoms with Gasteiger partial charge in [0.1, 0.15) is 5.82 Å². The number of nitrogens with one attached hydrogen (secondary N) is 2. The Balaban J connectivity index is 1.97. The van der Waals surface area contributed by atoms with Crippen molar-refractivity contribution in [2.24, 2.45) is 0 Å². The first-order chi connectivity index (χ1) is 12.5. The van der Waals surface area contributed by atoms with E-state index >= 15 is 0 Å². The van der Waals surface area contributed by atoms with Crippen LogP contribution in [-0.4, -0.2) is 46.6 Å². The van der Waals surface area contributed by atoms with Gasteiger partial charge in [-0.3, -0.25) is 9.78 Å². The van der Waals surface area contributed by atoms with Gasteiger partial charge in [-0.05, 0) is 50.0 Å². The van der Waals surface area contributed by atoms with Gasteiger partial charge in [-0.2, -0.15) is 0 Å². The molecule has 1 fully saturated rings. The molecule has 6 nitrogen and oxygen atoms in total. The summed E-state index contributed by atoms with van der Waals surface area (Å²) in [5.41, 5.74) is 4.20. The van der Waals surface area contributed by atoms with Crippen molar-refractivity contribution >= 4 is 33.5 Å². The molecule has 1 amide bonds. The van der Waals surface area contributed by atoms with Crippen LogP contribution in [0.5, 0.6) is 0 Å². The molecule has 2 N–H and O–H groups in total. The van der Waals surface area contributed by atoms with Crippen molar-refractivity contribution in [2.45, 2.75) is 26.8 Å². The van der Waals surface area contributed by atoms with Crippen LogP contribution in [0.2, 0.25) is 0 Å². The molecule has 0 saturated carbocycles. The molecule has 2 aromatic rings. The Hall–Kier alpha value is -2.25. The number of aromatic nitrogens is 2. The zero-order valence-corrected chi connectivity index (χ0v) is 16.4. The average Bonchev–Trinajstić information content (AvgIpc) is 3.05. The number of rotatable bonds is 4. The summed E-state index contributed by atoms with van der Waals surface area (Å²) in [5, 5.41) is 8.41. The predicted octanol–water partition coefficient (Wildman–Crippen LogP) is 2.82. The lowest BCUT2D eigenvalue weighted by atomic mass is 10.1. The van der Waals surface area contributed by atoms with E-state index < -0.39 is 0 Å². The van der Waals surface area contributed by atoms with Gasteiger partial charge in [-0.1, -0.05) is 10.7 Å². The number of carbonyl (C=O) groups is 1. The highest BCUT2D eigenvalue weighted by molar-refractivity contribution is 8.16. The summed E-state index contributed by atoms with van der Waals surface area (Å²) in [4.78, 5) is 20.1. The van der Waals surface area contributed by atoms with E-state index in [1.165, 1.54) is 12.6 Å². The van der Waals surface area contributed by atoms with Gasteiger partial charge in [0.05, 0.1) is 11.4 Å². The van der Waals surface area contributed by atoms with Crippen LogP contribution in [0.1, 0.15) is 19.5 Å². The molecule has 3 rings (SSSR count). The average molecular weight is 372 g/mol. The first-order valence-electron chi connectivity index (χ1n) is 8.66. The number of aryl methyl sites for hydroxylation is 1. The quantitative estimate of drug-likeness (QED) is 0.809. The number of hydrogen-bond acceptors (Lipinski definition) is 5. The third-order valence-corrected chi connectivity index (χ3v) is 6.65. The third kappa shape index (κ3) is 3.94. The van der Waals surface area contributed by atoms with Crippen molar-refractivity contribution in [2.75, 3.05) is 29.0 Å². The van der Waals surface area contributed by atoms with Crippen LogP contribution in [0.4, 0.5) is 11.5 Å². The summed E-state index contributed by atoms with van der Waals surface area (Å²) in [5.74, 6) is 1.55. The standard InChI is InChI=1S/C19H25N5OS/c1-5-26-12-17(20-4)11-24(26)18-8-16(10-22-13(18)2)15-6-7-21-19(9-15)23-14(3)25/h5-10,17,20H,11-12H2,1-4H3,(H,21,23,25). The largest absolute Gasteiger partial charge is 0.319 e. The van der Waals surface area contributed by atoms with Gasteiger partial charge in [-0.25, -0.2) is 4.98 Å². The Morgan fingerprint density at radius 2 is 2.15 bits per heavy atom. The molecule has 0 spiro atoms. The maximum atomic E-state index is 11.3. The number of anilines is 2. The molecule has 26 heavy (non-hydrogen) atoms. The highest BCUT2D eigenvalue weighted by Gasteiger charge is 2.26. The molecule has 2 aromatic heterocycles. The molecule has 1 aliphatic rings. The summed E-state index contributed by atoms with van der Waals surface area (Å²) in [6.07, 6.45) is 3.59. The van der Waals surface area contributed by atoms with Crippen molar-refractivity contribution in [1.29, 1.82) is 0 Å². The SMILES string of the molecule is C/C=S1/CC(NC)CN1c1cc(-c2ccnc(NC(C)=O)c2)cnc1C. The Labute approximate surface area is 157 Å². The number of nitrogens with zero attached hydrogens (tertiary/aromatic N) is 3. The topological polar surface area (TPSA) is 70.2 Å². The zero-order chi connectivity index (χ0) is 18.7. The maximum Gasteiger partial charge on any atom is 0.222 e. The molecule has 7 heteroatoms. The molecule has 0 bridgehead atoms. The van der Waals surface area contributed by atoms with E-state index in [1.807, 2.05) is 25.4 Å². The second-order valence-corrected chi connectivity index (χ2v) is 8.34. The first-order valence-corrected chi connectivity index (χ1v) is 10.1. The van der Waals surface area contributed by atoms with Crippen molar-refractivity contribution < 1.29 is 4.79 Å². The summed E-state index contributed by atoms with van der Waals surface area (Å²) in [7, 11) is 2.12. The van der Waals surface area contributed by atoms with Gasteiger partial charge in [-0.15, -0.1) is 0 Å². The van der Waals surface area contributed by atoms with Gasteiger partial charge < -0.3 is 14.9 Å². The van der Waals surface area contributed by atoms with E-state index in [0.29, 0.717) is 11.9 Å². The minimum absolute atomic E-state index is 0.0964. The smallest absolute Gasteiger partial charge is 0.222 e. The van der Waals surface area contributed by atoms with E-state index in [4.69, 9.17) is 0 Å². The molecule has 2 unspecified atom stereocenters. The van der Waals surface area contributed by atoms with Crippen LogP contribution < -0.4 is 14.9 Å². The molecule has 2 atom stereocenters. The van der Waals surface area contributed by atoms with E-state index in [1.54, 1.807) is 6.20 Å². The molecule has 138 valence electrons. The van der Waals surface area contributed by atoms with Crippen LogP contribution >= 0.6 is 10.7 Å². The molecular weight excluding hydrogens is 346 g/mol. The van der Waals surface area contributed by atoms with E-state index in [2.05, 4.69) is 50.2 Å². The fourth-order valence-electron chi connectivity index (χ4n) is 3.06. The van der Waals surface area contributed by atoms with Crippen LogP contribution in [0.15, 0.2) is 30.6 Å².